The van der Waals surface area contributed by atoms with Gasteiger partial charge in [-0.2, -0.15) is 0 Å². The molecule has 1 aliphatic rings. The van der Waals surface area contributed by atoms with E-state index in [-0.39, 0.29) is 10.9 Å². The molecule has 0 bridgehead atoms. The minimum atomic E-state index is 0.0136. The van der Waals surface area contributed by atoms with Crippen molar-refractivity contribution in [3.63, 3.8) is 0 Å². The Bertz CT molecular complexity index is 729. The van der Waals surface area contributed by atoms with E-state index < -0.39 is 0 Å². The summed E-state index contributed by atoms with van der Waals surface area (Å²) in [5.74, 6) is 0. The molecule has 0 aromatic heterocycles. The van der Waals surface area contributed by atoms with Crippen LogP contribution in [0.1, 0.15) is 17.5 Å². The molecule has 1 aliphatic heterocycles. The molecular formula is C21H19S+. The average Bonchev–Trinajstić information content (AvgIpc) is 2.57. The van der Waals surface area contributed by atoms with E-state index in [1.54, 1.807) is 0 Å². The molecule has 0 amide bonds. The number of hydrogen-bond acceptors (Lipinski definition) is 0. The van der Waals surface area contributed by atoms with E-state index >= 15 is 0 Å². The lowest BCUT2D eigenvalue weighted by atomic mass is 10.0. The van der Waals surface area contributed by atoms with Crippen LogP contribution in [-0.4, -0.2) is 0 Å². The van der Waals surface area contributed by atoms with Gasteiger partial charge in [0.15, 0.2) is 14.7 Å². The molecule has 0 radical (unpaired) electrons. The van der Waals surface area contributed by atoms with Crippen molar-refractivity contribution in [2.75, 3.05) is 0 Å². The molecule has 0 unspecified atom stereocenters. The van der Waals surface area contributed by atoms with Crippen molar-refractivity contribution < 1.29 is 0 Å². The van der Waals surface area contributed by atoms with E-state index in [1.807, 2.05) is 0 Å². The first kappa shape index (κ1) is 13.7. The summed E-state index contributed by atoms with van der Waals surface area (Å²) < 4.78 is 0. The monoisotopic (exact) mass is 303 g/mol. The summed E-state index contributed by atoms with van der Waals surface area (Å²) >= 11 is 0. The lowest BCUT2D eigenvalue weighted by Crippen LogP contribution is -2.13. The molecule has 22 heavy (non-hydrogen) atoms. The molecule has 3 aromatic rings. The van der Waals surface area contributed by atoms with Crippen LogP contribution in [0.25, 0.3) is 0 Å². The maximum absolute atomic E-state index is 2.33. The molecule has 0 fully saturated rings. The summed E-state index contributed by atoms with van der Waals surface area (Å²) in [7, 11) is 0.0136. The molecule has 0 nitrogen and oxygen atoms in total. The van der Waals surface area contributed by atoms with Crippen LogP contribution >= 0.6 is 0 Å². The van der Waals surface area contributed by atoms with Crippen LogP contribution in [0.3, 0.4) is 0 Å². The largest absolute Gasteiger partial charge is 0.169 e. The molecule has 0 spiro atoms. The summed E-state index contributed by atoms with van der Waals surface area (Å²) in [5, 5.41) is 0. The van der Waals surface area contributed by atoms with Gasteiger partial charge in [0.1, 0.15) is 0 Å². The van der Waals surface area contributed by atoms with Crippen molar-refractivity contribution in [3.8, 4) is 0 Å². The lowest BCUT2D eigenvalue weighted by molar-refractivity contribution is 0.789. The molecule has 0 saturated heterocycles. The maximum atomic E-state index is 2.33. The second-order valence-corrected chi connectivity index (χ2v) is 7.65. The first-order chi connectivity index (χ1) is 10.9. The SMILES string of the molecule is c1ccc([S+]2c3ccccc3CCCc3ccccc32)cc1. The minimum absolute atomic E-state index is 0.0136. The molecule has 0 atom stereocenters. The van der Waals surface area contributed by atoms with Gasteiger partial charge in [0.05, 0.1) is 10.9 Å². The predicted octanol–water partition coefficient (Wildman–Crippen LogP) is 5.27. The Labute approximate surface area is 135 Å². The number of aryl methyl sites for hydroxylation is 2. The van der Waals surface area contributed by atoms with Gasteiger partial charge in [-0.3, -0.25) is 0 Å². The summed E-state index contributed by atoms with van der Waals surface area (Å²) in [6.45, 7) is 0. The van der Waals surface area contributed by atoms with Crippen LogP contribution in [0.4, 0.5) is 0 Å². The molecule has 0 N–H and O–H groups in total. The number of fused-ring (bicyclic) bond motifs is 2. The Balaban J connectivity index is 1.98. The van der Waals surface area contributed by atoms with Gasteiger partial charge in [-0.15, -0.1) is 0 Å². The molecule has 0 aliphatic carbocycles. The summed E-state index contributed by atoms with van der Waals surface area (Å²) in [6, 6.07) is 29.0. The van der Waals surface area contributed by atoms with Gasteiger partial charge in [0, 0.05) is 11.1 Å². The van der Waals surface area contributed by atoms with E-state index in [1.165, 1.54) is 45.1 Å². The number of benzene rings is 3. The molecule has 1 heteroatoms. The Morgan fingerprint density at radius 3 is 1.64 bits per heavy atom. The molecule has 0 saturated carbocycles. The van der Waals surface area contributed by atoms with E-state index in [9.17, 15) is 0 Å². The van der Waals surface area contributed by atoms with Crippen LogP contribution in [0.15, 0.2) is 93.5 Å². The van der Waals surface area contributed by atoms with Crippen LogP contribution < -0.4 is 0 Å². The Morgan fingerprint density at radius 2 is 1.05 bits per heavy atom. The zero-order valence-electron chi connectivity index (χ0n) is 12.5. The zero-order valence-corrected chi connectivity index (χ0v) is 13.4. The van der Waals surface area contributed by atoms with Crippen molar-refractivity contribution >= 4 is 10.9 Å². The molecule has 108 valence electrons. The highest BCUT2D eigenvalue weighted by atomic mass is 32.2. The van der Waals surface area contributed by atoms with Crippen molar-refractivity contribution in [1.82, 2.24) is 0 Å². The second-order valence-electron chi connectivity index (χ2n) is 5.69. The topological polar surface area (TPSA) is 0 Å². The highest BCUT2D eigenvalue weighted by Gasteiger charge is 2.33. The van der Waals surface area contributed by atoms with Gasteiger partial charge in [-0.25, -0.2) is 0 Å². The van der Waals surface area contributed by atoms with Gasteiger partial charge < -0.3 is 0 Å². The lowest BCUT2D eigenvalue weighted by Gasteiger charge is -2.17. The first-order valence-corrected chi connectivity index (χ1v) is 9.11. The average molecular weight is 303 g/mol. The third-order valence-electron chi connectivity index (χ3n) is 4.26. The fourth-order valence-corrected chi connectivity index (χ4v) is 5.69. The predicted molar refractivity (Wildman–Crippen MR) is 93.5 cm³/mol. The summed E-state index contributed by atoms with van der Waals surface area (Å²) in [5.41, 5.74) is 3.04. The van der Waals surface area contributed by atoms with E-state index in [4.69, 9.17) is 0 Å². The van der Waals surface area contributed by atoms with Crippen molar-refractivity contribution in [2.24, 2.45) is 0 Å². The van der Waals surface area contributed by atoms with Crippen LogP contribution in [0.2, 0.25) is 0 Å². The van der Waals surface area contributed by atoms with Gasteiger partial charge in [0.25, 0.3) is 0 Å². The van der Waals surface area contributed by atoms with Gasteiger partial charge >= 0.3 is 0 Å². The normalized spacial score (nSPS) is 14.5. The van der Waals surface area contributed by atoms with Gasteiger partial charge in [0.2, 0.25) is 0 Å². The Morgan fingerprint density at radius 1 is 0.545 bits per heavy atom. The highest BCUT2D eigenvalue weighted by Crippen LogP contribution is 2.37. The first-order valence-electron chi connectivity index (χ1n) is 7.88. The molecular weight excluding hydrogens is 284 g/mol. The number of hydrogen-bond donors (Lipinski definition) is 0. The van der Waals surface area contributed by atoms with Crippen molar-refractivity contribution in [1.29, 1.82) is 0 Å². The van der Waals surface area contributed by atoms with E-state index in [2.05, 4.69) is 78.9 Å². The standard InChI is InChI=1S/C21H19S/c1-2-13-19(14-3-1)22-20-15-6-4-9-17(20)11-8-12-18-10-5-7-16-21(18)22/h1-7,9-10,13-16H,8,11-12H2/q+1. The van der Waals surface area contributed by atoms with E-state index in [0.29, 0.717) is 0 Å². The summed E-state index contributed by atoms with van der Waals surface area (Å²) in [6.07, 6.45) is 3.60. The van der Waals surface area contributed by atoms with E-state index in [0.717, 1.165) is 0 Å². The van der Waals surface area contributed by atoms with Crippen molar-refractivity contribution in [2.45, 2.75) is 33.9 Å². The summed E-state index contributed by atoms with van der Waals surface area (Å²) in [4.78, 5) is 4.42. The highest BCUT2D eigenvalue weighted by molar-refractivity contribution is 7.97. The van der Waals surface area contributed by atoms with Crippen LogP contribution in [0.5, 0.6) is 0 Å². The third-order valence-corrected chi connectivity index (χ3v) is 6.68. The second kappa shape index (κ2) is 6.02. The third kappa shape index (κ3) is 2.46. The fraction of sp³-hybridized carbons (Fsp3) is 0.143. The molecule has 4 rings (SSSR count). The maximum Gasteiger partial charge on any atom is 0.169 e. The van der Waals surface area contributed by atoms with Crippen LogP contribution in [0, 0.1) is 0 Å². The Kier molecular flexibility index (Phi) is 3.74. The minimum Gasteiger partial charge on any atom is -0.0619 e. The quantitative estimate of drug-likeness (QED) is 0.537. The van der Waals surface area contributed by atoms with Crippen molar-refractivity contribution in [3.05, 3.63) is 90.0 Å². The molecule has 3 aromatic carbocycles. The van der Waals surface area contributed by atoms with Gasteiger partial charge in [-0.1, -0.05) is 54.6 Å². The Hall–Kier alpha value is -1.99. The van der Waals surface area contributed by atoms with Crippen LogP contribution in [-0.2, 0) is 23.7 Å². The fourth-order valence-electron chi connectivity index (χ4n) is 3.22. The number of rotatable bonds is 1. The molecule has 1 heterocycles. The van der Waals surface area contributed by atoms with Gasteiger partial charge in [-0.05, 0) is 43.5 Å². The zero-order chi connectivity index (χ0) is 14.8. The smallest absolute Gasteiger partial charge is 0.0619 e.